The topological polar surface area (TPSA) is 28.7 Å². The highest BCUT2D eigenvalue weighted by Crippen LogP contribution is 2.18. The molecule has 0 fully saturated rings. The fourth-order valence-electron chi connectivity index (χ4n) is 1.54. The van der Waals surface area contributed by atoms with Crippen molar-refractivity contribution in [3.8, 4) is 11.4 Å². The predicted octanol–water partition coefficient (Wildman–Crippen LogP) is 3.42. The van der Waals surface area contributed by atoms with Gasteiger partial charge in [0.2, 0.25) is 0 Å². The summed E-state index contributed by atoms with van der Waals surface area (Å²) in [5, 5.41) is 0. The van der Waals surface area contributed by atoms with Crippen LogP contribution in [0.4, 0.5) is 0 Å². The van der Waals surface area contributed by atoms with Gasteiger partial charge in [-0.25, -0.2) is 4.98 Å². The molecule has 0 bridgehead atoms. The first-order valence-corrected chi connectivity index (χ1v) is 5.21. The second-order valence-electron chi connectivity index (χ2n) is 3.57. The van der Waals surface area contributed by atoms with E-state index in [1.54, 1.807) is 0 Å². The molecule has 0 saturated carbocycles. The van der Waals surface area contributed by atoms with Gasteiger partial charge in [0, 0.05) is 11.3 Å². The summed E-state index contributed by atoms with van der Waals surface area (Å²) in [4.78, 5) is 7.55. The number of hydrogen-bond donors (Lipinski definition) is 1. The average Bonchev–Trinajstić information content (AvgIpc) is 2.16. The fraction of sp³-hybridized carbons (Fsp3) is 0.167. The van der Waals surface area contributed by atoms with Crippen molar-refractivity contribution < 1.29 is 0 Å². The molecule has 0 amide bonds. The van der Waals surface area contributed by atoms with E-state index >= 15 is 0 Å². The zero-order chi connectivity index (χ0) is 10.8. The van der Waals surface area contributed by atoms with E-state index in [0.29, 0.717) is 4.64 Å². The van der Waals surface area contributed by atoms with Crippen molar-refractivity contribution >= 4 is 12.2 Å². The molecule has 1 aromatic heterocycles. The van der Waals surface area contributed by atoms with E-state index in [4.69, 9.17) is 12.2 Å². The van der Waals surface area contributed by atoms with Gasteiger partial charge in [-0.2, -0.15) is 0 Å². The molecule has 1 aromatic carbocycles. The summed E-state index contributed by atoms with van der Waals surface area (Å²) in [7, 11) is 0. The lowest BCUT2D eigenvalue weighted by atomic mass is 10.1. The number of aryl methyl sites for hydroxylation is 2. The summed E-state index contributed by atoms with van der Waals surface area (Å²) >= 11 is 5.10. The smallest absolute Gasteiger partial charge is 0.139 e. The van der Waals surface area contributed by atoms with Crippen molar-refractivity contribution in [2.24, 2.45) is 0 Å². The van der Waals surface area contributed by atoms with Gasteiger partial charge in [0.1, 0.15) is 10.5 Å². The zero-order valence-corrected chi connectivity index (χ0v) is 9.56. The maximum absolute atomic E-state index is 5.10. The maximum Gasteiger partial charge on any atom is 0.139 e. The molecule has 2 aromatic rings. The fourth-order valence-corrected chi connectivity index (χ4v) is 1.81. The molecule has 0 atom stereocenters. The highest BCUT2D eigenvalue weighted by molar-refractivity contribution is 7.71. The molecule has 2 nitrogen and oxygen atoms in total. The van der Waals surface area contributed by atoms with Crippen LogP contribution >= 0.6 is 12.2 Å². The third kappa shape index (κ3) is 2.13. The molecule has 0 aliphatic carbocycles. The lowest BCUT2D eigenvalue weighted by molar-refractivity contribution is 1.09. The minimum atomic E-state index is 0.629. The minimum Gasteiger partial charge on any atom is -0.343 e. The average molecular weight is 216 g/mol. The van der Waals surface area contributed by atoms with Crippen LogP contribution in [0.3, 0.4) is 0 Å². The molecular formula is C12H12N2S. The van der Waals surface area contributed by atoms with E-state index in [1.807, 2.05) is 31.2 Å². The van der Waals surface area contributed by atoms with Crippen molar-refractivity contribution in [1.29, 1.82) is 0 Å². The van der Waals surface area contributed by atoms with Gasteiger partial charge in [-0.05, 0) is 25.5 Å². The zero-order valence-electron chi connectivity index (χ0n) is 8.74. The Bertz CT molecular complexity index is 543. The number of aromatic amines is 1. The molecule has 15 heavy (non-hydrogen) atoms. The van der Waals surface area contributed by atoms with Crippen LogP contribution in [0.5, 0.6) is 0 Å². The molecule has 0 saturated heterocycles. The standard InChI is InChI=1S/C12H12N2S/c1-8-5-3-4-6-10(8)12-13-9(2)7-11(15)14-12/h3-7H,1-2H3,(H,13,14,15). The maximum atomic E-state index is 5.10. The van der Waals surface area contributed by atoms with E-state index in [1.165, 1.54) is 5.56 Å². The van der Waals surface area contributed by atoms with Gasteiger partial charge >= 0.3 is 0 Å². The third-order valence-corrected chi connectivity index (χ3v) is 2.49. The van der Waals surface area contributed by atoms with E-state index in [0.717, 1.165) is 17.1 Å². The van der Waals surface area contributed by atoms with Gasteiger partial charge < -0.3 is 4.98 Å². The van der Waals surface area contributed by atoms with Crippen LogP contribution in [-0.2, 0) is 0 Å². The molecular weight excluding hydrogens is 204 g/mol. The minimum absolute atomic E-state index is 0.629. The summed E-state index contributed by atoms with van der Waals surface area (Å²) in [5.74, 6) is 0.845. The number of nitrogens with zero attached hydrogens (tertiary/aromatic N) is 1. The molecule has 2 rings (SSSR count). The largest absolute Gasteiger partial charge is 0.343 e. The van der Waals surface area contributed by atoms with Crippen LogP contribution in [-0.4, -0.2) is 9.97 Å². The number of nitrogens with one attached hydrogen (secondary N) is 1. The summed E-state index contributed by atoms with van der Waals surface area (Å²) < 4.78 is 0.629. The summed E-state index contributed by atoms with van der Waals surface area (Å²) in [5.41, 5.74) is 3.34. The number of aromatic nitrogens is 2. The summed E-state index contributed by atoms with van der Waals surface area (Å²) in [6.07, 6.45) is 0. The lowest BCUT2D eigenvalue weighted by Gasteiger charge is -2.05. The Labute approximate surface area is 94.0 Å². The first-order valence-electron chi connectivity index (χ1n) is 4.81. The van der Waals surface area contributed by atoms with Gasteiger partial charge in [-0.15, -0.1) is 0 Å². The van der Waals surface area contributed by atoms with E-state index in [2.05, 4.69) is 23.0 Å². The SMILES string of the molecule is Cc1cc(=S)nc(-c2ccccc2C)[nH]1. The second kappa shape index (κ2) is 3.95. The molecule has 0 aliphatic rings. The number of benzene rings is 1. The number of hydrogen-bond acceptors (Lipinski definition) is 2. The van der Waals surface area contributed by atoms with E-state index in [-0.39, 0.29) is 0 Å². The predicted molar refractivity (Wildman–Crippen MR) is 64.3 cm³/mol. The first kappa shape index (κ1) is 10.1. The molecule has 3 heteroatoms. The molecule has 76 valence electrons. The second-order valence-corrected chi connectivity index (χ2v) is 3.98. The molecule has 0 aliphatic heterocycles. The van der Waals surface area contributed by atoms with E-state index < -0.39 is 0 Å². The normalized spacial score (nSPS) is 10.3. The monoisotopic (exact) mass is 216 g/mol. The van der Waals surface area contributed by atoms with Crippen LogP contribution in [0.25, 0.3) is 11.4 Å². The van der Waals surface area contributed by atoms with Crippen molar-refractivity contribution in [1.82, 2.24) is 9.97 Å². The van der Waals surface area contributed by atoms with Crippen LogP contribution in [0.15, 0.2) is 30.3 Å². The molecule has 0 radical (unpaired) electrons. The number of rotatable bonds is 1. The Kier molecular flexibility index (Phi) is 2.64. The van der Waals surface area contributed by atoms with Gasteiger partial charge in [0.25, 0.3) is 0 Å². The molecule has 0 spiro atoms. The van der Waals surface area contributed by atoms with Gasteiger partial charge in [0.15, 0.2) is 0 Å². The highest BCUT2D eigenvalue weighted by atomic mass is 32.1. The van der Waals surface area contributed by atoms with Crippen LogP contribution in [0, 0.1) is 18.5 Å². The summed E-state index contributed by atoms with van der Waals surface area (Å²) in [6.45, 7) is 4.05. The van der Waals surface area contributed by atoms with Crippen LogP contribution < -0.4 is 0 Å². The quantitative estimate of drug-likeness (QED) is 0.740. The Hall–Kier alpha value is -1.48. The van der Waals surface area contributed by atoms with Crippen molar-refractivity contribution in [3.63, 3.8) is 0 Å². The lowest BCUT2D eigenvalue weighted by Crippen LogP contribution is -1.93. The Morgan fingerprint density at radius 1 is 1.20 bits per heavy atom. The Morgan fingerprint density at radius 3 is 2.60 bits per heavy atom. The third-order valence-electron chi connectivity index (χ3n) is 2.28. The molecule has 1 heterocycles. The van der Waals surface area contributed by atoms with Crippen molar-refractivity contribution in [2.75, 3.05) is 0 Å². The highest BCUT2D eigenvalue weighted by Gasteiger charge is 2.02. The van der Waals surface area contributed by atoms with Gasteiger partial charge in [-0.1, -0.05) is 36.5 Å². The van der Waals surface area contributed by atoms with Crippen molar-refractivity contribution in [3.05, 3.63) is 46.2 Å². The number of H-pyrrole nitrogens is 1. The van der Waals surface area contributed by atoms with Gasteiger partial charge in [0.05, 0.1) is 0 Å². The molecule has 1 N–H and O–H groups in total. The van der Waals surface area contributed by atoms with Crippen LogP contribution in [0.2, 0.25) is 0 Å². The van der Waals surface area contributed by atoms with E-state index in [9.17, 15) is 0 Å². The Balaban J connectivity index is 2.64. The summed E-state index contributed by atoms with van der Waals surface area (Å²) in [6, 6.07) is 9.99. The van der Waals surface area contributed by atoms with Crippen molar-refractivity contribution in [2.45, 2.75) is 13.8 Å². The van der Waals surface area contributed by atoms with Gasteiger partial charge in [-0.3, -0.25) is 0 Å². The Morgan fingerprint density at radius 2 is 1.93 bits per heavy atom. The first-order chi connectivity index (χ1) is 7.16. The molecule has 0 unspecified atom stereocenters. The van der Waals surface area contributed by atoms with Crippen LogP contribution in [0.1, 0.15) is 11.3 Å².